The summed E-state index contributed by atoms with van der Waals surface area (Å²) in [6.45, 7) is 4.53. The number of pyridine rings is 1. The van der Waals surface area contributed by atoms with Crippen LogP contribution < -0.4 is 10.6 Å². The SMILES string of the molecule is CCCN(CC1CC1)c1ccnc2cc(N)ccc12. The van der Waals surface area contributed by atoms with E-state index in [2.05, 4.69) is 28.9 Å². The zero-order chi connectivity index (χ0) is 13.2. The van der Waals surface area contributed by atoms with E-state index in [4.69, 9.17) is 5.73 Å². The minimum atomic E-state index is 0.779. The summed E-state index contributed by atoms with van der Waals surface area (Å²) in [5.41, 5.74) is 8.92. The first-order valence-corrected chi connectivity index (χ1v) is 7.17. The van der Waals surface area contributed by atoms with Crippen molar-refractivity contribution in [2.45, 2.75) is 26.2 Å². The Morgan fingerprint density at radius 3 is 2.89 bits per heavy atom. The van der Waals surface area contributed by atoms with Crippen molar-refractivity contribution >= 4 is 22.3 Å². The highest BCUT2D eigenvalue weighted by molar-refractivity contribution is 5.93. The second-order valence-electron chi connectivity index (χ2n) is 5.50. The van der Waals surface area contributed by atoms with Gasteiger partial charge in [-0.05, 0) is 49.4 Å². The zero-order valence-corrected chi connectivity index (χ0v) is 11.5. The van der Waals surface area contributed by atoms with Crippen molar-refractivity contribution < 1.29 is 0 Å². The van der Waals surface area contributed by atoms with Crippen LogP contribution in [-0.4, -0.2) is 18.1 Å². The summed E-state index contributed by atoms with van der Waals surface area (Å²) in [6, 6.07) is 8.16. The van der Waals surface area contributed by atoms with Crippen LogP contribution in [0.15, 0.2) is 30.5 Å². The third kappa shape index (κ3) is 2.65. The van der Waals surface area contributed by atoms with Crippen molar-refractivity contribution in [1.29, 1.82) is 0 Å². The molecule has 1 aliphatic carbocycles. The van der Waals surface area contributed by atoms with E-state index in [1.54, 1.807) is 0 Å². The van der Waals surface area contributed by atoms with Crippen molar-refractivity contribution in [3.05, 3.63) is 30.5 Å². The molecule has 0 atom stereocenters. The summed E-state index contributed by atoms with van der Waals surface area (Å²) >= 11 is 0. The Hall–Kier alpha value is -1.77. The first kappa shape index (κ1) is 12.3. The first-order valence-electron chi connectivity index (χ1n) is 7.17. The Kier molecular flexibility index (Phi) is 3.28. The molecule has 2 aromatic rings. The standard InChI is InChI=1S/C16H21N3/c1-2-9-19(11-12-3-4-12)16-7-8-18-15-10-13(17)5-6-14(15)16/h5-8,10,12H,2-4,9,11,17H2,1H3. The Labute approximate surface area is 114 Å². The number of nitrogens with zero attached hydrogens (tertiary/aromatic N) is 2. The highest BCUT2D eigenvalue weighted by atomic mass is 15.1. The van der Waals surface area contributed by atoms with E-state index in [1.807, 2.05) is 18.3 Å². The van der Waals surface area contributed by atoms with Gasteiger partial charge in [0.2, 0.25) is 0 Å². The summed E-state index contributed by atoms with van der Waals surface area (Å²) in [4.78, 5) is 6.95. The first-order chi connectivity index (χ1) is 9.28. The molecule has 3 rings (SSSR count). The average molecular weight is 255 g/mol. The average Bonchev–Trinajstić information content (AvgIpc) is 3.21. The lowest BCUT2D eigenvalue weighted by Gasteiger charge is -2.25. The summed E-state index contributed by atoms with van der Waals surface area (Å²) in [7, 11) is 0. The Morgan fingerprint density at radius 1 is 1.32 bits per heavy atom. The van der Waals surface area contributed by atoms with Crippen molar-refractivity contribution in [2.75, 3.05) is 23.7 Å². The molecule has 1 fully saturated rings. The Balaban J connectivity index is 2.00. The monoisotopic (exact) mass is 255 g/mol. The van der Waals surface area contributed by atoms with Gasteiger partial charge in [-0.15, -0.1) is 0 Å². The molecule has 3 heteroatoms. The highest BCUT2D eigenvalue weighted by Crippen LogP contribution is 2.33. The summed E-state index contributed by atoms with van der Waals surface area (Å²) in [6.07, 6.45) is 5.84. The molecule has 1 saturated carbocycles. The van der Waals surface area contributed by atoms with E-state index >= 15 is 0 Å². The van der Waals surface area contributed by atoms with Gasteiger partial charge in [0.1, 0.15) is 0 Å². The summed E-state index contributed by atoms with van der Waals surface area (Å²) in [5.74, 6) is 0.892. The van der Waals surface area contributed by atoms with Crippen LogP contribution in [0.25, 0.3) is 10.9 Å². The van der Waals surface area contributed by atoms with Gasteiger partial charge in [-0.2, -0.15) is 0 Å². The van der Waals surface area contributed by atoms with Crippen molar-refractivity contribution in [2.24, 2.45) is 5.92 Å². The van der Waals surface area contributed by atoms with Crippen LogP contribution in [0.4, 0.5) is 11.4 Å². The van der Waals surface area contributed by atoms with E-state index in [-0.39, 0.29) is 0 Å². The lowest BCUT2D eigenvalue weighted by atomic mass is 10.1. The lowest BCUT2D eigenvalue weighted by Crippen LogP contribution is -2.26. The predicted molar refractivity (Wildman–Crippen MR) is 81.4 cm³/mol. The molecular weight excluding hydrogens is 234 g/mol. The van der Waals surface area contributed by atoms with Gasteiger partial charge in [-0.3, -0.25) is 4.98 Å². The normalized spacial score (nSPS) is 14.8. The topological polar surface area (TPSA) is 42.2 Å². The number of benzene rings is 1. The summed E-state index contributed by atoms with van der Waals surface area (Å²) < 4.78 is 0. The van der Waals surface area contributed by atoms with Crippen LogP contribution >= 0.6 is 0 Å². The van der Waals surface area contributed by atoms with Gasteiger partial charge in [-0.1, -0.05) is 6.92 Å². The molecule has 0 saturated heterocycles. The van der Waals surface area contributed by atoms with Gasteiger partial charge in [0.05, 0.1) is 5.52 Å². The van der Waals surface area contributed by atoms with Crippen molar-refractivity contribution in [1.82, 2.24) is 4.98 Å². The maximum atomic E-state index is 5.85. The van der Waals surface area contributed by atoms with Gasteiger partial charge in [0.25, 0.3) is 0 Å². The molecule has 0 unspecified atom stereocenters. The maximum absolute atomic E-state index is 5.85. The molecule has 1 aliphatic rings. The fraction of sp³-hybridized carbons (Fsp3) is 0.438. The number of hydrogen-bond donors (Lipinski definition) is 1. The van der Waals surface area contributed by atoms with Crippen LogP contribution in [-0.2, 0) is 0 Å². The molecule has 1 aromatic heterocycles. The Bertz CT molecular complexity index is 575. The van der Waals surface area contributed by atoms with E-state index in [0.29, 0.717) is 0 Å². The van der Waals surface area contributed by atoms with Crippen LogP contribution in [0.5, 0.6) is 0 Å². The predicted octanol–water partition coefficient (Wildman–Crippen LogP) is 3.44. The minimum Gasteiger partial charge on any atom is -0.399 e. The van der Waals surface area contributed by atoms with E-state index < -0.39 is 0 Å². The molecule has 0 aliphatic heterocycles. The quantitative estimate of drug-likeness (QED) is 0.832. The minimum absolute atomic E-state index is 0.779. The molecule has 1 heterocycles. The smallest absolute Gasteiger partial charge is 0.0743 e. The second kappa shape index (κ2) is 5.08. The maximum Gasteiger partial charge on any atom is 0.0743 e. The molecule has 2 N–H and O–H groups in total. The molecule has 0 amide bonds. The van der Waals surface area contributed by atoms with E-state index in [1.165, 1.54) is 36.9 Å². The van der Waals surface area contributed by atoms with Crippen LogP contribution in [0.3, 0.4) is 0 Å². The van der Waals surface area contributed by atoms with Gasteiger partial charge in [-0.25, -0.2) is 0 Å². The molecular formula is C16H21N3. The number of fused-ring (bicyclic) bond motifs is 1. The van der Waals surface area contributed by atoms with Gasteiger partial charge in [0.15, 0.2) is 0 Å². The number of rotatable bonds is 5. The number of aromatic nitrogens is 1. The van der Waals surface area contributed by atoms with Crippen molar-refractivity contribution in [3.63, 3.8) is 0 Å². The number of nitrogen functional groups attached to an aromatic ring is 1. The van der Waals surface area contributed by atoms with Gasteiger partial charge >= 0.3 is 0 Å². The van der Waals surface area contributed by atoms with Gasteiger partial charge < -0.3 is 10.6 Å². The van der Waals surface area contributed by atoms with Crippen LogP contribution in [0, 0.1) is 5.92 Å². The largest absolute Gasteiger partial charge is 0.399 e. The van der Waals surface area contributed by atoms with Crippen molar-refractivity contribution in [3.8, 4) is 0 Å². The molecule has 19 heavy (non-hydrogen) atoms. The van der Waals surface area contributed by atoms with Crippen LogP contribution in [0.1, 0.15) is 26.2 Å². The number of hydrogen-bond acceptors (Lipinski definition) is 3. The molecule has 1 aromatic carbocycles. The zero-order valence-electron chi connectivity index (χ0n) is 11.5. The highest BCUT2D eigenvalue weighted by Gasteiger charge is 2.24. The molecule has 100 valence electrons. The fourth-order valence-electron chi connectivity index (χ4n) is 2.62. The number of nitrogens with two attached hydrogens (primary N) is 1. The molecule has 0 radical (unpaired) electrons. The second-order valence-corrected chi connectivity index (χ2v) is 5.50. The molecule has 0 spiro atoms. The number of anilines is 2. The van der Waals surface area contributed by atoms with Gasteiger partial charge in [0, 0.05) is 36.0 Å². The molecule has 3 nitrogen and oxygen atoms in total. The molecule has 0 bridgehead atoms. The Morgan fingerprint density at radius 2 is 2.16 bits per heavy atom. The van der Waals surface area contributed by atoms with Crippen LogP contribution in [0.2, 0.25) is 0 Å². The lowest BCUT2D eigenvalue weighted by molar-refractivity contribution is 0.710. The van der Waals surface area contributed by atoms with E-state index in [0.717, 1.165) is 23.7 Å². The van der Waals surface area contributed by atoms with E-state index in [9.17, 15) is 0 Å². The third-order valence-corrected chi connectivity index (χ3v) is 3.75. The fourth-order valence-corrected chi connectivity index (χ4v) is 2.62. The third-order valence-electron chi connectivity index (χ3n) is 3.75. The summed E-state index contributed by atoms with van der Waals surface area (Å²) in [5, 5.41) is 1.21.